The van der Waals surface area contributed by atoms with Crippen molar-refractivity contribution >= 4 is 52.9 Å². The molecule has 0 radical (unpaired) electrons. The first-order valence-corrected chi connectivity index (χ1v) is 10.1. The van der Waals surface area contributed by atoms with Crippen molar-refractivity contribution < 1.29 is 9.84 Å². The standard InChI is InChI=1S/C17H27ClN4O2S.HI/c1-2-19-17(20-11-14(23)15-3-4-16(18)25-15)22-6-5-13(12-22)21-7-9-24-10-8-21;/h3-4,13-14,23H,2,5-12H2,1H3,(H,19,20);1H. The average molecular weight is 515 g/mol. The summed E-state index contributed by atoms with van der Waals surface area (Å²) in [5.41, 5.74) is 0. The Balaban J connectivity index is 0.00000243. The highest BCUT2D eigenvalue weighted by Crippen LogP contribution is 2.27. The molecule has 2 atom stereocenters. The third kappa shape index (κ3) is 5.93. The largest absolute Gasteiger partial charge is 0.386 e. The molecule has 2 unspecified atom stereocenters. The topological polar surface area (TPSA) is 60.3 Å². The minimum absolute atomic E-state index is 0. The number of thiophene rings is 1. The Bertz CT molecular complexity index is 583. The van der Waals surface area contributed by atoms with Gasteiger partial charge in [0, 0.05) is 43.6 Å². The van der Waals surface area contributed by atoms with Crippen molar-refractivity contribution in [1.29, 1.82) is 0 Å². The van der Waals surface area contributed by atoms with Gasteiger partial charge in [0.05, 0.1) is 24.1 Å². The lowest BCUT2D eigenvalue weighted by molar-refractivity contribution is 0.0194. The SMILES string of the molecule is CCNC(=NCC(O)c1ccc(Cl)s1)N1CCC(N2CCOCC2)C1.I. The first-order valence-electron chi connectivity index (χ1n) is 8.95. The average Bonchev–Trinajstić information content (AvgIpc) is 3.28. The zero-order valence-electron chi connectivity index (χ0n) is 15.1. The number of aliphatic hydroxyl groups is 1. The number of guanidine groups is 1. The number of aliphatic hydroxyl groups excluding tert-OH is 1. The molecule has 3 heterocycles. The number of hydrogen-bond acceptors (Lipinski definition) is 5. The van der Waals surface area contributed by atoms with Crippen LogP contribution in [0.4, 0.5) is 0 Å². The van der Waals surface area contributed by atoms with E-state index in [1.807, 2.05) is 12.1 Å². The van der Waals surface area contributed by atoms with Gasteiger partial charge in [0.25, 0.3) is 0 Å². The lowest BCUT2D eigenvalue weighted by Crippen LogP contribution is -2.46. The van der Waals surface area contributed by atoms with Crippen LogP contribution in [-0.4, -0.2) is 79.4 Å². The molecule has 1 aromatic heterocycles. The molecule has 0 spiro atoms. The van der Waals surface area contributed by atoms with E-state index in [0.717, 1.165) is 63.2 Å². The number of morpholine rings is 1. The maximum atomic E-state index is 10.3. The predicted molar refractivity (Wildman–Crippen MR) is 118 cm³/mol. The van der Waals surface area contributed by atoms with E-state index in [-0.39, 0.29) is 24.0 Å². The molecule has 0 saturated carbocycles. The van der Waals surface area contributed by atoms with E-state index < -0.39 is 6.10 Å². The second-order valence-electron chi connectivity index (χ2n) is 6.39. The molecule has 2 aliphatic rings. The molecule has 0 aliphatic carbocycles. The van der Waals surface area contributed by atoms with Gasteiger partial charge in [-0.1, -0.05) is 11.6 Å². The molecule has 0 bridgehead atoms. The van der Waals surface area contributed by atoms with Crippen LogP contribution >= 0.6 is 46.9 Å². The zero-order chi connectivity index (χ0) is 17.6. The Hall–Kier alpha value is -0.130. The molecule has 9 heteroatoms. The maximum Gasteiger partial charge on any atom is 0.194 e. The summed E-state index contributed by atoms with van der Waals surface area (Å²) in [6, 6.07) is 4.24. The van der Waals surface area contributed by atoms with Crippen molar-refractivity contribution in [1.82, 2.24) is 15.1 Å². The highest BCUT2D eigenvalue weighted by atomic mass is 127. The van der Waals surface area contributed by atoms with Gasteiger partial charge in [0.2, 0.25) is 0 Å². The quantitative estimate of drug-likeness (QED) is 0.359. The Morgan fingerprint density at radius 3 is 2.85 bits per heavy atom. The number of rotatable bonds is 5. The van der Waals surface area contributed by atoms with E-state index >= 15 is 0 Å². The van der Waals surface area contributed by atoms with Crippen LogP contribution in [0.5, 0.6) is 0 Å². The molecule has 2 saturated heterocycles. The summed E-state index contributed by atoms with van der Waals surface area (Å²) in [5, 5.41) is 13.7. The Kier molecular flexibility index (Phi) is 9.39. The lowest BCUT2D eigenvalue weighted by atomic mass is 10.2. The molecule has 2 fully saturated rings. The normalized spacial score (nSPS) is 23.0. The molecular weight excluding hydrogens is 487 g/mol. The predicted octanol–water partition coefficient (Wildman–Crippen LogP) is 2.42. The monoisotopic (exact) mass is 514 g/mol. The summed E-state index contributed by atoms with van der Waals surface area (Å²) in [7, 11) is 0. The van der Waals surface area contributed by atoms with E-state index in [2.05, 4.69) is 27.0 Å². The van der Waals surface area contributed by atoms with E-state index in [9.17, 15) is 5.11 Å². The zero-order valence-corrected chi connectivity index (χ0v) is 19.0. The van der Waals surface area contributed by atoms with Gasteiger partial charge in [-0.25, -0.2) is 0 Å². The van der Waals surface area contributed by atoms with Gasteiger partial charge in [-0.3, -0.25) is 9.89 Å². The van der Waals surface area contributed by atoms with Crippen LogP contribution in [0.2, 0.25) is 4.34 Å². The van der Waals surface area contributed by atoms with E-state index in [0.29, 0.717) is 16.9 Å². The van der Waals surface area contributed by atoms with Crippen LogP contribution < -0.4 is 5.32 Å². The Labute approximate surface area is 181 Å². The van der Waals surface area contributed by atoms with Crippen molar-refractivity contribution in [2.75, 3.05) is 52.5 Å². The first-order chi connectivity index (χ1) is 12.2. The minimum atomic E-state index is -0.608. The number of ether oxygens (including phenoxy) is 1. The summed E-state index contributed by atoms with van der Waals surface area (Å²) in [5.74, 6) is 0.889. The Morgan fingerprint density at radius 1 is 1.42 bits per heavy atom. The summed E-state index contributed by atoms with van der Waals surface area (Å²) >= 11 is 7.35. The molecule has 0 amide bonds. The van der Waals surface area contributed by atoms with E-state index in [1.165, 1.54) is 11.3 Å². The number of likely N-dealkylation sites (tertiary alicyclic amines) is 1. The van der Waals surface area contributed by atoms with Crippen LogP contribution in [0.25, 0.3) is 0 Å². The van der Waals surface area contributed by atoms with Crippen LogP contribution in [0.15, 0.2) is 17.1 Å². The summed E-state index contributed by atoms with van der Waals surface area (Å²) in [6.07, 6.45) is 0.539. The molecule has 1 aromatic rings. The number of aliphatic imine (C=N–C) groups is 1. The first kappa shape index (κ1) is 22.2. The maximum absolute atomic E-state index is 10.3. The molecular formula is C17H28ClIN4O2S. The van der Waals surface area contributed by atoms with Crippen LogP contribution in [-0.2, 0) is 4.74 Å². The number of nitrogens with one attached hydrogen (secondary N) is 1. The van der Waals surface area contributed by atoms with Crippen LogP contribution in [0.3, 0.4) is 0 Å². The molecule has 2 aliphatic heterocycles. The Morgan fingerprint density at radius 2 is 2.19 bits per heavy atom. The smallest absolute Gasteiger partial charge is 0.194 e. The van der Waals surface area contributed by atoms with Crippen molar-refractivity contribution in [3.8, 4) is 0 Å². The van der Waals surface area contributed by atoms with Crippen molar-refractivity contribution in [2.45, 2.75) is 25.5 Å². The third-order valence-electron chi connectivity index (χ3n) is 4.70. The van der Waals surface area contributed by atoms with Gasteiger partial charge in [-0.05, 0) is 25.5 Å². The van der Waals surface area contributed by atoms with Gasteiger partial charge in [-0.2, -0.15) is 0 Å². The van der Waals surface area contributed by atoms with Gasteiger partial charge >= 0.3 is 0 Å². The van der Waals surface area contributed by atoms with Crippen molar-refractivity contribution in [3.05, 3.63) is 21.3 Å². The fraction of sp³-hybridized carbons (Fsp3) is 0.706. The van der Waals surface area contributed by atoms with Crippen molar-refractivity contribution in [3.63, 3.8) is 0 Å². The van der Waals surface area contributed by atoms with E-state index in [4.69, 9.17) is 16.3 Å². The number of halogens is 2. The van der Waals surface area contributed by atoms with Gasteiger partial charge < -0.3 is 20.1 Å². The van der Waals surface area contributed by atoms with E-state index in [1.54, 1.807) is 0 Å². The highest BCUT2D eigenvalue weighted by Gasteiger charge is 2.30. The third-order valence-corrected chi connectivity index (χ3v) is 6.03. The number of nitrogens with zero attached hydrogens (tertiary/aromatic N) is 3. The molecule has 148 valence electrons. The highest BCUT2D eigenvalue weighted by molar-refractivity contribution is 14.0. The van der Waals surface area contributed by atoms with Crippen LogP contribution in [0.1, 0.15) is 24.3 Å². The summed E-state index contributed by atoms with van der Waals surface area (Å²) in [4.78, 5) is 10.3. The molecule has 2 N–H and O–H groups in total. The second kappa shape index (κ2) is 11.0. The molecule has 6 nitrogen and oxygen atoms in total. The minimum Gasteiger partial charge on any atom is -0.386 e. The molecule has 26 heavy (non-hydrogen) atoms. The van der Waals surface area contributed by atoms with Gasteiger partial charge in [-0.15, -0.1) is 35.3 Å². The number of hydrogen-bond donors (Lipinski definition) is 2. The van der Waals surface area contributed by atoms with Crippen LogP contribution in [0, 0.1) is 0 Å². The van der Waals surface area contributed by atoms with Crippen molar-refractivity contribution in [2.24, 2.45) is 4.99 Å². The fourth-order valence-corrected chi connectivity index (χ4v) is 4.41. The second-order valence-corrected chi connectivity index (χ2v) is 8.14. The lowest BCUT2D eigenvalue weighted by Gasteiger charge is -2.32. The fourth-order valence-electron chi connectivity index (χ4n) is 3.37. The summed E-state index contributed by atoms with van der Waals surface area (Å²) in [6.45, 7) is 8.91. The molecule has 0 aromatic carbocycles. The summed E-state index contributed by atoms with van der Waals surface area (Å²) < 4.78 is 6.15. The van der Waals surface area contributed by atoms with Gasteiger partial charge in [0.1, 0.15) is 6.10 Å². The molecule has 3 rings (SSSR count). The van der Waals surface area contributed by atoms with Gasteiger partial charge in [0.15, 0.2) is 5.96 Å².